The second-order valence-corrected chi connectivity index (χ2v) is 8.56. The van der Waals surface area contributed by atoms with Gasteiger partial charge in [-0.3, -0.25) is 9.78 Å². The van der Waals surface area contributed by atoms with Crippen LogP contribution >= 0.6 is 23.2 Å². The minimum atomic E-state index is -0.280. The second kappa shape index (κ2) is 8.30. The monoisotopic (exact) mass is 459 g/mol. The second-order valence-electron chi connectivity index (χ2n) is 7.74. The lowest BCUT2D eigenvalue weighted by atomic mass is 10.0. The molecule has 0 aliphatic heterocycles. The van der Waals surface area contributed by atoms with E-state index in [0.717, 1.165) is 16.5 Å². The number of aromatic nitrogens is 2. The van der Waals surface area contributed by atoms with Gasteiger partial charge in [-0.1, -0.05) is 71.7 Å². The Bertz CT molecular complexity index is 1460. The summed E-state index contributed by atoms with van der Waals surface area (Å²) in [5.74, 6) is -0.280. The number of anilines is 1. The summed E-state index contributed by atoms with van der Waals surface area (Å²) >= 11 is 12.3. The summed E-state index contributed by atoms with van der Waals surface area (Å²) < 4.78 is 2.19. The summed E-state index contributed by atoms with van der Waals surface area (Å²) in [6, 6.07) is 20.4. The molecule has 0 spiro atoms. The molecule has 0 aliphatic carbocycles. The quantitative estimate of drug-likeness (QED) is 0.311. The van der Waals surface area contributed by atoms with Crippen LogP contribution in [0.1, 0.15) is 21.5 Å². The van der Waals surface area contributed by atoms with Gasteiger partial charge in [-0.2, -0.15) is 0 Å². The van der Waals surface area contributed by atoms with Gasteiger partial charge in [-0.15, -0.1) is 0 Å². The van der Waals surface area contributed by atoms with Crippen LogP contribution in [0.2, 0.25) is 10.0 Å². The third-order valence-corrected chi connectivity index (χ3v) is 6.23. The fourth-order valence-electron chi connectivity index (χ4n) is 4.08. The molecule has 0 bridgehead atoms. The van der Waals surface area contributed by atoms with Crippen molar-refractivity contribution in [2.75, 3.05) is 5.32 Å². The van der Waals surface area contributed by atoms with Gasteiger partial charge in [-0.25, -0.2) is 0 Å². The van der Waals surface area contributed by atoms with E-state index in [2.05, 4.69) is 64.4 Å². The first-order valence-electron chi connectivity index (χ1n) is 10.2. The van der Waals surface area contributed by atoms with E-state index in [1.54, 1.807) is 0 Å². The average Bonchev–Trinajstić information content (AvgIpc) is 3.11. The predicted octanol–water partition coefficient (Wildman–Crippen LogP) is 7.11. The highest BCUT2D eigenvalue weighted by atomic mass is 35.5. The highest BCUT2D eigenvalue weighted by Crippen LogP contribution is 2.30. The van der Waals surface area contributed by atoms with Crippen molar-refractivity contribution >= 4 is 56.5 Å². The van der Waals surface area contributed by atoms with Crippen LogP contribution in [0.4, 0.5) is 5.69 Å². The lowest BCUT2D eigenvalue weighted by Crippen LogP contribution is -2.13. The Kier molecular flexibility index (Phi) is 5.33. The molecule has 0 saturated carbocycles. The zero-order chi connectivity index (χ0) is 22.2. The van der Waals surface area contributed by atoms with Crippen molar-refractivity contribution in [3.05, 3.63) is 106 Å². The van der Waals surface area contributed by atoms with E-state index < -0.39 is 0 Å². The molecule has 5 aromatic rings. The number of nitrogens with zero attached hydrogens (tertiary/aromatic N) is 2. The summed E-state index contributed by atoms with van der Waals surface area (Å²) in [5.41, 5.74) is 4.27. The van der Waals surface area contributed by atoms with Gasteiger partial charge in [0.2, 0.25) is 0 Å². The average molecular weight is 460 g/mol. The molecule has 4 nitrogen and oxygen atoms in total. The van der Waals surface area contributed by atoms with Gasteiger partial charge < -0.3 is 9.88 Å². The summed E-state index contributed by atoms with van der Waals surface area (Å²) in [6.45, 7) is 2.79. The number of fused-ring (bicyclic) bond motifs is 2. The Hall–Kier alpha value is -3.34. The zero-order valence-electron chi connectivity index (χ0n) is 17.3. The van der Waals surface area contributed by atoms with Crippen LogP contribution in [0.3, 0.4) is 0 Å². The number of aryl methyl sites for hydroxylation is 1. The van der Waals surface area contributed by atoms with Gasteiger partial charge in [0.1, 0.15) is 0 Å². The van der Waals surface area contributed by atoms with Crippen molar-refractivity contribution in [3.8, 4) is 0 Å². The topological polar surface area (TPSA) is 46.9 Å². The van der Waals surface area contributed by atoms with Crippen LogP contribution in [0, 0.1) is 6.92 Å². The molecule has 0 fully saturated rings. The molecule has 5 rings (SSSR count). The number of rotatable bonds is 4. The maximum atomic E-state index is 13.0. The summed E-state index contributed by atoms with van der Waals surface area (Å²) in [6.07, 6.45) is 5.03. The van der Waals surface area contributed by atoms with Gasteiger partial charge in [0.25, 0.3) is 5.91 Å². The highest BCUT2D eigenvalue weighted by molar-refractivity contribution is 6.39. The van der Waals surface area contributed by atoms with Gasteiger partial charge in [0, 0.05) is 41.6 Å². The Morgan fingerprint density at radius 1 is 0.969 bits per heavy atom. The Morgan fingerprint density at radius 2 is 1.72 bits per heavy atom. The van der Waals surface area contributed by atoms with Crippen molar-refractivity contribution in [1.82, 2.24) is 9.55 Å². The Balaban J connectivity index is 1.53. The van der Waals surface area contributed by atoms with Crippen molar-refractivity contribution in [1.29, 1.82) is 0 Å². The third kappa shape index (κ3) is 3.72. The van der Waals surface area contributed by atoms with Crippen LogP contribution in [0.5, 0.6) is 0 Å². The van der Waals surface area contributed by atoms with Crippen molar-refractivity contribution in [2.45, 2.75) is 13.5 Å². The van der Waals surface area contributed by atoms with Crippen molar-refractivity contribution < 1.29 is 4.79 Å². The van der Waals surface area contributed by atoms with Crippen LogP contribution in [-0.2, 0) is 6.54 Å². The molecule has 158 valence electrons. The van der Waals surface area contributed by atoms with E-state index in [9.17, 15) is 4.79 Å². The van der Waals surface area contributed by atoms with Gasteiger partial charge in [-0.05, 0) is 41.0 Å². The highest BCUT2D eigenvalue weighted by Gasteiger charge is 2.15. The normalized spacial score (nSPS) is 11.2. The predicted molar refractivity (Wildman–Crippen MR) is 132 cm³/mol. The summed E-state index contributed by atoms with van der Waals surface area (Å²) in [4.78, 5) is 16.9. The van der Waals surface area contributed by atoms with E-state index >= 15 is 0 Å². The van der Waals surface area contributed by atoms with Gasteiger partial charge >= 0.3 is 0 Å². The first kappa shape index (κ1) is 20.6. The molecule has 0 radical (unpaired) electrons. The smallest absolute Gasteiger partial charge is 0.255 e. The molecule has 0 atom stereocenters. The van der Waals surface area contributed by atoms with E-state index in [4.69, 9.17) is 23.2 Å². The van der Waals surface area contributed by atoms with Crippen LogP contribution in [0.25, 0.3) is 21.7 Å². The van der Waals surface area contributed by atoms with Gasteiger partial charge in [0.15, 0.2) is 0 Å². The van der Waals surface area contributed by atoms with E-state index in [1.165, 1.54) is 28.7 Å². The fraction of sp³-hybridized carbons (Fsp3) is 0.0769. The third-order valence-electron chi connectivity index (χ3n) is 5.66. The minimum Gasteiger partial charge on any atom is -0.343 e. The van der Waals surface area contributed by atoms with Crippen LogP contribution in [0.15, 0.2) is 79.3 Å². The molecule has 1 amide bonds. The number of carbonyl (C=O) groups is 1. The zero-order valence-corrected chi connectivity index (χ0v) is 18.8. The number of halogens is 2. The lowest BCUT2D eigenvalue weighted by molar-refractivity contribution is 0.102. The maximum Gasteiger partial charge on any atom is 0.255 e. The Morgan fingerprint density at radius 3 is 2.53 bits per heavy atom. The van der Waals surface area contributed by atoms with Crippen molar-refractivity contribution in [3.63, 3.8) is 0 Å². The minimum absolute atomic E-state index is 0.280. The van der Waals surface area contributed by atoms with E-state index in [-0.39, 0.29) is 5.91 Å². The number of hydrogen-bond acceptors (Lipinski definition) is 2. The molecule has 3 aromatic carbocycles. The number of benzene rings is 3. The van der Waals surface area contributed by atoms with Gasteiger partial charge in [0.05, 0.1) is 15.7 Å². The summed E-state index contributed by atoms with van der Waals surface area (Å²) in [7, 11) is 0. The SMILES string of the molecule is Cc1cn(Cc2cccc3ccccc23)c2cc(C(=O)Nc3c(Cl)cncc3Cl)ccc12. The number of pyridine rings is 1. The maximum absolute atomic E-state index is 13.0. The first-order chi connectivity index (χ1) is 15.5. The number of hydrogen-bond donors (Lipinski definition) is 1. The van der Waals surface area contributed by atoms with E-state index in [0.29, 0.717) is 27.8 Å². The molecule has 0 unspecified atom stereocenters. The fourth-order valence-corrected chi connectivity index (χ4v) is 4.54. The summed E-state index contributed by atoms with van der Waals surface area (Å²) in [5, 5.41) is 6.95. The molecule has 6 heteroatoms. The van der Waals surface area contributed by atoms with E-state index in [1.807, 2.05) is 24.3 Å². The number of nitrogens with one attached hydrogen (secondary N) is 1. The Labute approximate surface area is 195 Å². The standard InChI is InChI=1S/C26H19Cl2N3O/c1-16-14-31(15-19-7-4-6-17-5-2-3-8-21(17)19)24-11-18(9-10-20(16)24)26(32)30-25-22(27)12-29-13-23(25)28/h2-14H,15H2,1H3,(H,29,30,32). The molecule has 0 saturated heterocycles. The molecule has 2 heterocycles. The molecular formula is C26H19Cl2N3O. The largest absolute Gasteiger partial charge is 0.343 e. The number of amides is 1. The number of carbonyl (C=O) groups excluding carboxylic acids is 1. The van der Waals surface area contributed by atoms with Crippen LogP contribution in [-0.4, -0.2) is 15.5 Å². The molecular weight excluding hydrogens is 441 g/mol. The lowest BCUT2D eigenvalue weighted by Gasteiger charge is -2.11. The molecule has 0 aliphatic rings. The van der Waals surface area contributed by atoms with Crippen molar-refractivity contribution in [2.24, 2.45) is 0 Å². The molecule has 32 heavy (non-hydrogen) atoms. The first-order valence-corrected chi connectivity index (χ1v) is 10.9. The molecule has 2 aromatic heterocycles. The molecule has 1 N–H and O–H groups in total. The van der Waals surface area contributed by atoms with Crippen LogP contribution < -0.4 is 5.32 Å².